The first-order valence-corrected chi connectivity index (χ1v) is 6.53. The Morgan fingerprint density at radius 1 is 1.22 bits per heavy atom. The lowest BCUT2D eigenvalue weighted by atomic mass is 10.2. The summed E-state index contributed by atoms with van der Waals surface area (Å²) >= 11 is 11.9. The van der Waals surface area contributed by atoms with Crippen LogP contribution in [0.3, 0.4) is 0 Å². The monoisotopic (exact) mass is 283 g/mol. The van der Waals surface area contributed by atoms with Gasteiger partial charge in [-0.05, 0) is 29.8 Å². The van der Waals surface area contributed by atoms with Crippen LogP contribution in [0.25, 0.3) is 0 Å². The molecule has 0 fully saturated rings. The first-order chi connectivity index (χ1) is 8.63. The molecule has 0 aliphatic rings. The van der Waals surface area contributed by atoms with E-state index in [1.54, 1.807) is 6.07 Å². The van der Waals surface area contributed by atoms with Crippen LogP contribution in [0, 0.1) is 0 Å². The fraction of sp³-hybridized carbons (Fsp3) is 0.308. The highest BCUT2D eigenvalue weighted by atomic mass is 35.5. The summed E-state index contributed by atoms with van der Waals surface area (Å²) in [6, 6.07) is 7.60. The average molecular weight is 284 g/mol. The standard InChI is InChI=1S/C13H15Cl2N3/c1-18-5-3-13(17-18)2-4-16-9-10-6-11(14)8-12(15)7-10/h3,5-8,16H,2,4,9H2,1H3. The summed E-state index contributed by atoms with van der Waals surface area (Å²) in [4.78, 5) is 0. The van der Waals surface area contributed by atoms with Crippen LogP contribution in [0.15, 0.2) is 30.5 Å². The number of benzene rings is 1. The van der Waals surface area contributed by atoms with Crippen LogP contribution in [0.5, 0.6) is 0 Å². The maximum Gasteiger partial charge on any atom is 0.0637 e. The third-order valence-electron chi connectivity index (χ3n) is 2.58. The number of hydrogen-bond acceptors (Lipinski definition) is 2. The number of halogens is 2. The third-order valence-corrected chi connectivity index (χ3v) is 3.01. The van der Waals surface area contributed by atoms with E-state index in [0.29, 0.717) is 10.0 Å². The molecule has 2 rings (SSSR count). The smallest absolute Gasteiger partial charge is 0.0637 e. The highest BCUT2D eigenvalue weighted by molar-refractivity contribution is 6.34. The van der Waals surface area contributed by atoms with Crippen molar-refractivity contribution in [2.75, 3.05) is 6.54 Å². The molecule has 0 aliphatic heterocycles. The number of nitrogens with one attached hydrogen (secondary N) is 1. The summed E-state index contributed by atoms with van der Waals surface area (Å²) < 4.78 is 1.81. The van der Waals surface area contributed by atoms with Crippen molar-refractivity contribution >= 4 is 23.2 Å². The van der Waals surface area contributed by atoms with Crippen molar-refractivity contribution in [3.8, 4) is 0 Å². The highest BCUT2D eigenvalue weighted by Crippen LogP contribution is 2.18. The minimum absolute atomic E-state index is 0.670. The van der Waals surface area contributed by atoms with Gasteiger partial charge in [0.25, 0.3) is 0 Å². The Kier molecular flexibility index (Phi) is 4.64. The summed E-state index contributed by atoms with van der Waals surface area (Å²) in [6.45, 7) is 1.63. The Bertz CT molecular complexity index is 502. The van der Waals surface area contributed by atoms with Gasteiger partial charge >= 0.3 is 0 Å². The Morgan fingerprint density at radius 3 is 2.56 bits per heavy atom. The molecular weight excluding hydrogens is 269 g/mol. The van der Waals surface area contributed by atoms with Gasteiger partial charge in [0.2, 0.25) is 0 Å². The van der Waals surface area contributed by atoms with Gasteiger partial charge in [0.1, 0.15) is 0 Å². The van der Waals surface area contributed by atoms with Crippen LogP contribution >= 0.6 is 23.2 Å². The molecular formula is C13H15Cl2N3. The SMILES string of the molecule is Cn1ccc(CCNCc2cc(Cl)cc(Cl)c2)n1. The van der Waals surface area contributed by atoms with Gasteiger partial charge in [-0.1, -0.05) is 23.2 Å². The minimum Gasteiger partial charge on any atom is -0.312 e. The topological polar surface area (TPSA) is 29.9 Å². The van der Waals surface area contributed by atoms with E-state index in [4.69, 9.17) is 23.2 Å². The Hall–Kier alpha value is -1.03. The maximum absolute atomic E-state index is 5.94. The van der Waals surface area contributed by atoms with Crippen LogP contribution in [-0.2, 0) is 20.0 Å². The van der Waals surface area contributed by atoms with E-state index in [0.717, 1.165) is 30.8 Å². The van der Waals surface area contributed by atoms with Gasteiger partial charge in [0.15, 0.2) is 0 Å². The molecule has 1 N–H and O–H groups in total. The third kappa shape index (κ3) is 4.02. The molecule has 96 valence electrons. The molecule has 2 aromatic rings. The maximum atomic E-state index is 5.94. The lowest BCUT2D eigenvalue weighted by Gasteiger charge is -2.05. The van der Waals surface area contributed by atoms with Crippen molar-refractivity contribution < 1.29 is 0 Å². The molecule has 3 nitrogen and oxygen atoms in total. The molecule has 0 spiro atoms. The first-order valence-electron chi connectivity index (χ1n) is 5.78. The molecule has 5 heteroatoms. The van der Waals surface area contributed by atoms with Gasteiger partial charge in [-0.3, -0.25) is 4.68 Å². The van der Waals surface area contributed by atoms with Crippen molar-refractivity contribution in [1.82, 2.24) is 15.1 Å². The van der Waals surface area contributed by atoms with E-state index < -0.39 is 0 Å². The molecule has 1 aromatic heterocycles. The van der Waals surface area contributed by atoms with Gasteiger partial charge in [0, 0.05) is 42.8 Å². The molecule has 1 heterocycles. The van der Waals surface area contributed by atoms with E-state index in [1.165, 1.54) is 0 Å². The minimum atomic E-state index is 0.670. The van der Waals surface area contributed by atoms with Crippen LogP contribution in [0.2, 0.25) is 10.0 Å². The van der Waals surface area contributed by atoms with Crippen LogP contribution < -0.4 is 5.32 Å². The van der Waals surface area contributed by atoms with Crippen molar-refractivity contribution in [3.05, 3.63) is 51.8 Å². The lowest BCUT2D eigenvalue weighted by molar-refractivity contribution is 0.665. The van der Waals surface area contributed by atoms with Crippen molar-refractivity contribution in [2.24, 2.45) is 7.05 Å². The van der Waals surface area contributed by atoms with Crippen LogP contribution in [0.1, 0.15) is 11.3 Å². The van der Waals surface area contributed by atoms with E-state index in [-0.39, 0.29) is 0 Å². The summed E-state index contributed by atoms with van der Waals surface area (Å²) in [6.07, 6.45) is 2.86. The lowest BCUT2D eigenvalue weighted by Crippen LogP contribution is -2.17. The predicted octanol–water partition coefficient (Wildman–Crippen LogP) is 3.06. The molecule has 0 atom stereocenters. The second-order valence-electron chi connectivity index (χ2n) is 4.19. The summed E-state index contributed by atoms with van der Waals surface area (Å²) in [7, 11) is 1.92. The molecule has 0 saturated heterocycles. The van der Waals surface area contributed by atoms with E-state index in [1.807, 2.05) is 36.1 Å². The van der Waals surface area contributed by atoms with Crippen molar-refractivity contribution in [3.63, 3.8) is 0 Å². The van der Waals surface area contributed by atoms with Crippen molar-refractivity contribution in [1.29, 1.82) is 0 Å². The molecule has 18 heavy (non-hydrogen) atoms. The van der Waals surface area contributed by atoms with E-state index >= 15 is 0 Å². The summed E-state index contributed by atoms with van der Waals surface area (Å²) in [5, 5.41) is 9.01. The highest BCUT2D eigenvalue weighted by Gasteiger charge is 1.99. The van der Waals surface area contributed by atoms with Gasteiger partial charge in [-0.25, -0.2) is 0 Å². The second kappa shape index (κ2) is 6.23. The van der Waals surface area contributed by atoms with Crippen LogP contribution in [-0.4, -0.2) is 16.3 Å². The second-order valence-corrected chi connectivity index (χ2v) is 5.06. The van der Waals surface area contributed by atoms with E-state index in [2.05, 4.69) is 10.4 Å². The zero-order chi connectivity index (χ0) is 13.0. The number of nitrogens with zero attached hydrogens (tertiary/aromatic N) is 2. The first kappa shape index (κ1) is 13.4. The summed E-state index contributed by atoms with van der Waals surface area (Å²) in [5.74, 6) is 0. The number of hydrogen-bond donors (Lipinski definition) is 1. The molecule has 0 saturated carbocycles. The largest absolute Gasteiger partial charge is 0.312 e. The molecule has 0 aliphatic carbocycles. The fourth-order valence-electron chi connectivity index (χ4n) is 1.76. The number of aromatic nitrogens is 2. The molecule has 1 aromatic carbocycles. The normalized spacial score (nSPS) is 10.8. The van der Waals surface area contributed by atoms with Gasteiger partial charge in [-0.15, -0.1) is 0 Å². The number of rotatable bonds is 5. The zero-order valence-corrected chi connectivity index (χ0v) is 11.7. The Balaban J connectivity index is 1.78. The van der Waals surface area contributed by atoms with Crippen molar-refractivity contribution in [2.45, 2.75) is 13.0 Å². The van der Waals surface area contributed by atoms with Gasteiger partial charge in [0.05, 0.1) is 5.69 Å². The van der Waals surface area contributed by atoms with E-state index in [9.17, 15) is 0 Å². The Morgan fingerprint density at radius 2 is 1.94 bits per heavy atom. The number of aryl methyl sites for hydroxylation is 1. The Labute approximate surface area is 117 Å². The fourth-order valence-corrected chi connectivity index (χ4v) is 2.33. The quantitative estimate of drug-likeness (QED) is 0.855. The molecule has 0 amide bonds. The molecule has 0 bridgehead atoms. The van der Waals surface area contributed by atoms with Gasteiger partial charge in [-0.2, -0.15) is 5.10 Å². The summed E-state index contributed by atoms with van der Waals surface area (Å²) in [5.41, 5.74) is 2.18. The predicted molar refractivity (Wildman–Crippen MR) is 75.1 cm³/mol. The molecule has 0 radical (unpaired) electrons. The van der Waals surface area contributed by atoms with Gasteiger partial charge < -0.3 is 5.32 Å². The molecule has 0 unspecified atom stereocenters. The zero-order valence-electron chi connectivity index (χ0n) is 10.2. The average Bonchev–Trinajstić information content (AvgIpc) is 2.69. The van der Waals surface area contributed by atoms with Crippen LogP contribution in [0.4, 0.5) is 0 Å².